The summed E-state index contributed by atoms with van der Waals surface area (Å²) in [5.74, 6) is -0.499. The smallest absolute Gasteiger partial charge is 0.328 e. The van der Waals surface area contributed by atoms with Crippen LogP contribution in [0.25, 0.3) is 11.1 Å². The molecule has 0 saturated heterocycles. The highest BCUT2D eigenvalue weighted by Gasteiger charge is 2.18. The van der Waals surface area contributed by atoms with Gasteiger partial charge in [-0.3, -0.25) is 9.59 Å². The van der Waals surface area contributed by atoms with Gasteiger partial charge in [0.05, 0.1) is 7.11 Å². The molecule has 0 bridgehead atoms. The molecule has 2 aromatic rings. The first-order valence-electron chi connectivity index (χ1n) is 7.63. The predicted octanol–water partition coefficient (Wildman–Crippen LogP) is 3.15. The molecule has 130 valence electrons. The van der Waals surface area contributed by atoms with E-state index in [-0.39, 0.29) is 5.78 Å². The number of methoxy groups -OCH3 is 1. The third-order valence-electron chi connectivity index (χ3n) is 3.83. The Morgan fingerprint density at radius 2 is 1.80 bits per heavy atom. The van der Waals surface area contributed by atoms with Crippen molar-refractivity contribution in [1.82, 2.24) is 5.32 Å². The summed E-state index contributed by atoms with van der Waals surface area (Å²) >= 11 is 3.38. The molecule has 0 aliphatic heterocycles. The molecule has 0 saturated carbocycles. The Morgan fingerprint density at radius 3 is 2.36 bits per heavy atom. The van der Waals surface area contributed by atoms with Gasteiger partial charge in [-0.25, -0.2) is 4.79 Å². The number of ketones is 1. The van der Waals surface area contributed by atoms with Gasteiger partial charge in [0.1, 0.15) is 6.04 Å². The van der Waals surface area contributed by atoms with E-state index in [4.69, 9.17) is 0 Å². The molecule has 25 heavy (non-hydrogen) atoms. The number of amides is 1. The van der Waals surface area contributed by atoms with Crippen molar-refractivity contribution in [3.05, 3.63) is 58.1 Å². The van der Waals surface area contributed by atoms with Crippen LogP contribution in [0, 0.1) is 0 Å². The van der Waals surface area contributed by atoms with Crippen LogP contribution in [0.15, 0.2) is 46.9 Å². The highest BCUT2D eigenvalue weighted by atomic mass is 79.9. The molecule has 0 heterocycles. The quantitative estimate of drug-likeness (QED) is 0.437. The van der Waals surface area contributed by atoms with Gasteiger partial charge in [0.25, 0.3) is 0 Å². The number of halogens is 1. The largest absolute Gasteiger partial charge is 0.467 e. The fourth-order valence-corrected chi connectivity index (χ4v) is 3.00. The van der Waals surface area contributed by atoms with E-state index >= 15 is 0 Å². The van der Waals surface area contributed by atoms with Crippen LogP contribution >= 0.6 is 15.9 Å². The fourth-order valence-electron chi connectivity index (χ4n) is 2.48. The van der Waals surface area contributed by atoms with Crippen molar-refractivity contribution in [1.29, 1.82) is 0 Å². The van der Waals surface area contributed by atoms with E-state index in [2.05, 4.69) is 26.0 Å². The lowest BCUT2D eigenvalue weighted by Crippen LogP contribution is -2.38. The molecule has 0 aliphatic carbocycles. The van der Waals surface area contributed by atoms with Gasteiger partial charge in [0, 0.05) is 16.5 Å². The van der Waals surface area contributed by atoms with E-state index in [1.54, 1.807) is 0 Å². The van der Waals surface area contributed by atoms with E-state index in [0.29, 0.717) is 18.4 Å². The molecule has 2 rings (SSSR count). The molecule has 0 aliphatic rings. The van der Waals surface area contributed by atoms with Crippen molar-refractivity contribution in [2.45, 2.75) is 19.4 Å². The van der Waals surface area contributed by atoms with Crippen LogP contribution < -0.4 is 5.32 Å². The van der Waals surface area contributed by atoms with Crippen LogP contribution in [0.1, 0.15) is 22.8 Å². The molecule has 1 atom stereocenters. The zero-order valence-electron chi connectivity index (χ0n) is 13.9. The number of rotatable bonds is 7. The Hall–Kier alpha value is -2.47. The summed E-state index contributed by atoms with van der Waals surface area (Å²) in [7, 11) is 1.28. The first-order valence-corrected chi connectivity index (χ1v) is 8.43. The van der Waals surface area contributed by atoms with Crippen LogP contribution in [-0.4, -0.2) is 31.3 Å². The minimum Gasteiger partial charge on any atom is -0.467 e. The van der Waals surface area contributed by atoms with Crippen molar-refractivity contribution < 1.29 is 19.1 Å². The van der Waals surface area contributed by atoms with Crippen LogP contribution in [0.4, 0.5) is 0 Å². The standard InChI is InChI=1S/C19H18BrNO4/c1-12(23)16-10-15(7-8-17(16)20)14-5-3-13(4-6-14)9-18(21-11-22)19(24)25-2/h3-8,10-11,18H,9H2,1-2H3,(H,21,22). The maximum Gasteiger partial charge on any atom is 0.328 e. The second-order valence-electron chi connectivity index (χ2n) is 5.51. The van der Waals surface area contributed by atoms with Gasteiger partial charge in [-0.2, -0.15) is 0 Å². The van der Waals surface area contributed by atoms with Crippen molar-refractivity contribution in [2.24, 2.45) is 0 Å². The fraction of sp³-hybridized carbons (Fsp3) is 0.211. The Balaban J connectivity index is 2.22. The van der Waals surface area contributed by atoms with E-state index in [0.717, 1.165) is 21.2 Å². The van der Waals surface area contributed by atoms with Crippen LogP contribution in [0.5, 0.6) is 0 Å². The lowest BCUT2D eigenvalue weighted by atomic mass is 9.98. The normalized spacial score (nSPS) is 11.5. The molecule has 0 aromatic heterocycles. The Labute approximate surface area is 154 Å². The summed E-state index contributed by atoms with van der Waals surface area (Å²) in [4.78, 5) is 33.9. The zero-order valence-corrected chi connectivity index (χ0v) is 15.5. The van der Waals surface area contributed by atoms with Gasteiger partial charge < -0.3 is 10.1 Å². The van der Waals surface area contributed by atoms with Gasteiger partial charge in [-0.05, 0) is 35.7 Å². The van der Waals surface area contributed by atoms with Crippen LogP contribution in [0.2, 0.25) is 0 Å². The number of nitrogens with one attached hydrogen (secondary N) is 1. The number of benzene rings is 2. The number of esters is 1. The van der Waals surface area contributed by atoms with E-state index < -0.39 is 12.0 Å². The van der Waals surface area contributed by atoms with E-state index in [9.17, 15) is 14.4 Å². The Bertz CT molecular complexity index is 787. The highest BCUT2D eigenvalue weighted by Crippen LogP contribution is 2.26. The van der Waals surface area contributed by atoms with E-state index in [1.807, 2.05) is 42.5 Å². The number of carbonyl (C=O) groups is 3. The lowest BCUT2D eigenvalue weighted by Gasteiger charge is -2.14. The number of hydrogen-bond acceptors (Lipinski definition) is 4. The second-order valence-corrected chi connectivity index (χ2v) is 6.37. The van der Waals surface area contributed by atoms with Gasteiger partial charge in [0.15, 0.2) is 5.78 Å². The SMILES string of the molecule is COC(=O)C(Cc1ccc(-c2ccc(Br)c(C(C)=O)c2)cc1)NC=O. The van der Waals surface area contributed by atoms with Gasteiger partial charge in [-0.15, -0.1) is 0 Å². The molecule has 1 unspecified atom stereocenters. The zero-order chi connectivity index (χ0) is 18.4. The van der Waals surface area contributed by atoms with Gasteiger partial charge >= 0.3 is 5.97 Å². The molecule has 2 aromatic carbocycles. The van der Waals surface area contributed by atoms with Crippen LogP contribution in [-0.2, 0) is 20.7 Å². The summed E-state index contributed by atoms with van der Waals surface area (Å²) in [5, 5.41) is 2.46. The minimum atomic E-state index is -0.717. The maximum absolute atomic E-state index is 11.7. The molecule has 6 heteroatoms. The molecule has 1 N–H and O–H groups in total. The third kappa shape index (κ3) is 4.76. The van der Waals surface area contributed by atoms with Gasteiger partial charge in [-0.1, -0.05) is 46.3 Å². The predicted molar refractivity (Wildman–Crippen MR) is 98.3 cm³/mol. The number of ether oxygens (including phenoxy) is 1. The first-order chi connectivity index (χ1) is 12.0. The summed E-state index contributed by atoms with van der Waals surface area (Å²) in [5.41, 5.74) is 3.40. The lowest BCUT2D eigenvalue weighted by molar-refractivity contribution is -0.144. The Morgan fingerprint density at radius 1 is 1.16 bits per heavy atom. The summed E-state index contributed by atoms with van der Waals surface area (Å²) in [6.07, 6.45) is 0.825. The Kier molecular flexibility index (Phi) is 6.47. The van der Waals surface area contributed by atoms with Gasteiger partial charge in [0.2, 0.25) is 6.41 Å². The second kappa shape index (κ2) is 8.58. The summed E-state index contributed by atoms with van der Waals surface area (Å²) in [6.45, 7) is 1.53. The average Bonchev–Trinajstić information content (AvgIpc) is 2.61. The van der Waals surface area contributed by atoms with E-state index in [1.165, 1.54) is 14.0 Å². The number of hydrogen-bond donors (Lipinski definition) is 1. The highest BCUT2D eigenvalue weighted by molar-refractivity contribution is 9.10. The first kappa shape index (κ1) is 18.9. The molecule has 0 spiro atoms. The number of carbonyl (C=O) groups excluding carboxylic acids is 3. The minimum absolute atomic E-state index is 0.00815. The summed E-state index contributed by atoms with van der Waals surface area (Å²) in [6, 6.07) is 12.5. The molecular formula is C19H18BrNO4. The molecular weight excluding hydrogens is 386 g/mol. The third-order valence-corrected chi connectivity index (χ3v) is 4.52. The topological polar surface area (TPSA) is 72.5 Å². The van der Waals surface area contributed by atoms with Crippen molar-refractivity contribution in [2.75, 3.05) is 7.11 Å². The molecule has 0 radical (unpaired) electrons. The average molecular weight is 404 g/mol. The molecule has 0 fully saturated rings. The molecule has 5 nitrogen and oxygen atoms in total. The maximum atomic E-state index is 11.7. The summed E-state index contributed by atoms with van der Waals surface area (Å²) < 4.78 is 5.45. The van der Waals surface area contributed by atoms with Crippen molar-refractivity contribution in [3.63, 3.8) is 0 Å². The molecule has 1 amide bonds. The van der Waals surface area contributed by atoms with Crippen LogP contribution in [0.3, 0.4) is 0 Å². The van der Waals surface area contributed by atoms with Crippen molar-refractivity contribution in [3.8, 4) is 11.1 Å². The number of Topliss-reactive ketones (excluding diaryl/α,β-unsaturated/α-hetero) is 1. The van der Waals surface area contributed by atoms with Crippen molar-refractivity contribution >= 4 is 34.1 Å². The monoisotopic (exact) mass is 403 g/mol.